The molecule has 1 aliphatic heterocycles. The molecule has 0 aliphatic carbocycles. The average Bonchev–Trinajstić information content (AvgIpc) is 2.99. The molecule has 0 spiro atoms. The molecule has 108 valence electrons. The fourth-order valence-electron chi connectivity index (χ4n) is 2.15. The van der Waals surface area contributed by atoms with E-state index in [1.807, 2.05) is 12.1 Å². The minimum Gasteiger partial charge on any atom is -0.467 e. The Morgan fingerprint density at radius 1 is 1.63 bits per heavy atom. The highest BCUT2D eigenvalue weighted by Gasteiger charge is 2.24. The number of carbonyl (C=O) groups excluding carboxylic acids is 1. The van der Waals surface area contributed by atoms with E-state index in [2.05, 4.69) is 0 Å². The van der Waals surface area contributed by atoms with Crippen LogP contribution in [0.15, 0.2) is 22.8 Å². The Kier molecular flexibility index (Phi) is 6.34. The zero-order valence-corrected chi connectivity index (χ0v) is 11.9. The van der Waals surface area contributed by atoms with Gasteiger partial charge < -0.3 is 19.8 Å². The fourth-order valence-corrected chi connectivity index (χ4v) is 2.15. The van der Waals surface area contributed by atoms with Gasteiger partial charge in [-0.15, -0.1) is 12.4 Å². The molecule has 2 atom stereocenters. The summed E-state index contributed by atoms with van der Waals surface area (Å²) in [7, 11) is 0. The van der Waals surface area contributed by atoms with Gasteiger partial charge in [0, 0.05) is 13.2 Å². The molecule has 0 saturated carbocycles. The minimum absolute atomic E-state index is 0. The molecule has 1 saturated heterocycles. The summed E-state index contributed by atoms with van der Waals surface area (Å²) in [4.78, 5) is 13.8. The van der Waals surface area contributed by atoms with Crippen molar-refractivity contribution in [3.8, 4) is 0 Å². The van der Waals surface area contributed by atoms with E-state index in [9.17, 15) is 4.79 Å². The third kappa shape index (κ3) is 4.53. The van der Waals surface area contributed by atoms with E-state index in [-0.39, 0.29) is 24.4 Å². The van der Waals surface area contributed by atoms with Crippen LogP contribution < -0.4 is 5.73 Å². The number of nitrogens with two attached hydrogens (primary N) is 1. The van der Waals surface area contributed by atoms with Crippen molar-refractivity contribution in [2.75, 3.05) is 13.2 Å². The second kappa shape index (κ2) is 7.53. The van der Waals surface area contributed by atoms with E-state index in [1.54, 1.807) is 18.1 Å². The molecule has 2 rings (SSSR count). The van der Waals surface area contributed by atoms with Crippen LogP contribution in [0.3, 0.4) is 0 Å². The summed E-state index contributed by atoms with van der Waals surface area (Å²) in [6, 6.07) is 3.17. The Labute approximate surface area is 119 Å². The fraction of sp³-hybridized carbons (Fsp3) is 0.615. The molecule has 0 radical (unpaired) electrons. The van der Waals surface area contributed by atoms with Gasteiger partial charge in [0.1, 0.15) is 5.76 Å². The van der Waals surface area contributed by atoms with Gasteiger partial charge in [-0.2, -0.15) is 0 Å². The van der Waals surface area contributed by atoms with Gasteiger partial charge in [-0.3, -0.25) is 4.79 Å². The van der Waals surface area contributed by atoms with Crippen LogP contribution in [0.1, 0.15) is 25.5 Å². The van der Waals surface area contributed by atoms with Crippen LogP contribution in [0.2, 0.25) is 0 Å². The van der Waals surface area contributed by atoms with Crippen LogP contribution in [0.25, 0.3) is 0 Å². The van der Waals surface area contributed by atoms with Crippen molar-refractivity contribution in [1.82, 2.24) is 4.90 Å². The number of hydrogen-bond acceptors (Lipinski definition) is 4. The minimum atomic E-state index is -0.499. The standard InChI is InChI=1S/C13H20N2O3.ClH/c1-10(14)13(16)15(8-11-4-2-6-17-11)9-12-5-3-7-18-12;/h2,4,6,10,12H,3,5,7-9,14H2,1H3;1H. The van der Waals surface area contributed by atoms with Crippen LogP contribution in [0.4, 0.5) is 0 Å². The first-order valence-corrected chi connectivity index (χ1v) is 6.35. The summed E-state index contributed by atoms with van der Waals surface area (Å²) in [5, 5.41) is 0. The van der Waals surface area contributed by atoms with Crippen LogP contribution in [0, 0.1) is 0 Å². The predicted octanol–water partition coefficient (Wildman–Crippen LogP) is 1.56. The maximum Gasteiger partial charge on any atom is 0.239 e. The highest BCUT2D eigenvalue weighted by atomic mass is 35.5. The van der Waals surface area contributed by atoms with Crippen LogP contribution >= 0.6 is 12.4 Å². The van der Waals surface area contributed by atoms with E-state index in [0.717, 1.165) is 25.2 Å². The van der Waals surface area contributed by atoms with Crippen LogP contribution in [-0.2, 0) is 16.1 Å². The van der Waals surface area contributed by atoms with Crippen molar-refractivity contribution in [2.45, 2.75) is 38.5 Å². The Balaban J connectivity index is 0.00000180. The maximum absolute atomic E-state index is 12.1. The van der Waals surface area contributed by atoms with E-state index in [1.165, 1.54) is 0 Å². The summed E-state index contributed by atoms with van der Waals surface area (Å²) in [6.07, 6.45) is 3.80. The zero-order chi connectivity index (χ0) is 13.0. The van der Waals surface area contributed by atoms with Crippen LogP contribution in [0.5, 0.6) is 0 Å². The third-order valence-corrected chi connectivity index (χ3v) is 3.08. The van der Waals surface area contributed by atoms with E-state index in [4.69, 9.17) is 14.9 Å². The molecule has 0 bridgehead atoms. The van der Waals surface area contributed by atoms with Gasteiger partial charge in [-0.25, -0.2) is 0 Å². The van der Waals surface area contributed by atoms with E-state index in [0.29, 0.717) is 13.1 Å². The average molecular weight is 289 g/mol. The lowest BCUT2D eigenvalue weighted by atomic mass is 10.2. The quantitative estimate of drug-likeness (QED) is 0.893. The first-order chi connectivity index (χ1) is 8.66. The van der Waals surface area contributed by atoms with Gasteiger partial charge in [0.05, 0.1) is 25.0 Å². The smallest absolute Gasteiger partial charge is 0.239 e. The Hall–Kier alpha value is -1.04. The molecule has 1 aliphatic rings. The second-order valence-electron chi connectivity index (χ2n) is 4.72. The highest BCUT2D eigenvalue weighted by Crippen LogP contribution is 2.15. The number of nitrogens with zero attached hydrogens (tertiary/aromatic N) is 1. The van der Waals surface area contributed by atoms with Crippen LogP contribution in [-0.4, -0.2) is 36.1 Å². The second-order valence-corrected chi connectivity index (χ2v) is 4.72. The molecule has 1 fully saturated rings. The van der Waals surface area contributed by atoms with Gasteiger partial charge in [-0.1, -0.05) is 0 Å². The summed E-state index contributed by atoms with van der Waals surface area (Å²) in [5.41, 5.74) is 5.68. The topological polar surface area (TPSA) is 68.7 Å². The molecule has 0 aromatic carbocycles. The lowest BCUT2D eigenvalue weighted by Crippen LogP contribution is -2.44. The summed E-state index contributed by atoms with van der Waals surface area (Å²) >= 11 is 0. The van der Waals surface area contributed by atoms with Crippen molar-refractivity contribution in [2.24, 2.45) is 5.73 Å². The largest absolute Gasteiger partial charge is 0.467 e. The SMILES string of the molecule is CC(N)C(=O)N(Cc1ccco1)CC1CCCO1.Cl. The number of halogens is 1. The summed E-state index contributed by atoms with van der Waals surface area (Å²) in [5.74, 6) is 0.698. The lowest BCUT2D eigenvalue weighted by Gasteiger charge is -2.26. The normalized spacial score (nSPS) is 19.8. The van der Waals surface area contributed by atoms with Gasteiger partial charge in [-0.05, 0) is 31.9 Å². The van der Waals surface area contributed by atoms with Gasteiger partial charge in [0.15, 0.2) is 0 Å². The number of carbonyl (C=O) groups is 1. The number of amides is 1. The summed E-state index contributed by atoms with van der Waals surface area (Å²) < 4.78 is 10.9. The molecule has 1 aromatic heterocycles. The molecule has 1 amide bonds. The van der Waals surface area contributed by atoms with E-state index < -0.39 is 6.04 Å². The molecule has 6 heteroatoms. The molecule has 2 heterocycles. The van der Waals surface area contributed by atoms with Crippen molar-refractivity contribution in [3.05, 3.63) is 24.2 Å². The molecule has 2 N–H and O–H groups in total. The van der Waals surface area contributed by atoms with Gasteiger partial charge >= 0.3 is 0 Å². The third-order valence-electron chi connectivity index (χ3n) is 3.08. The summed E-state index contributed by atoms with van der Waals surface area (Å²) in [6.45, 7) is 3.52. The molecule has 19 heavy (non-hydrogen) atoms. The monoisotopic (exact) mass is 288 g/mol. The Morgan fingerprint density at radius 3 is 2.95 bits per heavy atom. The van der Waals surface area contributed by atoms with Gasteiger partial charge in [0.25, 0.3) is 0 Å². The highest BCUT2D eigenvalue weighted by molar-refractivity contribution is 5.85. The molecule has 5 nitrogen and oxygen atoms in total. The van der Waals surface area contributed by atoms with Crippen molar-refractivity contribution >= 4 is 18.3 Å². The predicted molar refractivity (Wildman–Crippen MR) is 74.0 cm³/mol. The number of furan rings is 1. The number of ether oxygens (including phenoxy) is 1. The molecule has 2 unspecified atom stereocenters. The van der Waals surface area contributed by atoms with Crippen molar-refractivity contribution in [3.63, 3.8) is 0 Å². The van der Waals surface area contributed by atoms with Crippen molar-refractivity contribution in [1.29, 1.82) is 0 Å². The number of hydrogen-bond donors (Lipinski definition) is 1. The molecular weight excluding hydrogens is 268 g/mol. The molecular formula is C13H21ClN2O3. The Bertz CT molecular complexity index is 375. The van der Waals surface area contributed by atoms with E-state index >= 15 is 0 Å². The molecule has 1 aromatic rings. The maximum atomic E-state index is 12.1. The zero-order valence-electron chi connectivity index (χ0n) is 11.1. The first-order valence-electron chi connectivity index (χ1n) is 6.35. The first kappa shape index (κ1) is 16.0. The van der Waals surface area contributed by atoms with Crippen molar-refractivity contribution < 1.29 is 13.9 Å². The lowest BCUT2D eigenvalue weighted by molar-refractivity contribution is -0.134. The van der Waals surface area contributed by atoms with Gasteiger partial charge in [0.2, 0.25) is 5.91 Å². The Morgan fingerprint density at radius 2 is 2.42 bits per heavy atom. The number of rotatable bonds is 5.